The van der Waals surface area contributed by atoms with Crippen molar-refractivity contribution in [3.8, 4) is 0 Å². The average Bonchev–Trinajstić information content (AvgIpc) is 3.09. The zero-order valence-electron chi connectivity index (χ0n) is 14.4. The number of aliphatic carboxylic acids is 1. The first-order valence-electron chi connectivity index (χ1n) is 8.48. The molecule has 1 atom stereocenters. The molecule has 0 radical (unpaired) electrons. The summed E-state index contributed by atoms with van der Waals surface area (Å²) in [5, 5.41) is 8.67. The van der Waals surface area contributed by atoms with Crippen molar-refractivity contribution in [1.82, 2.24) is 9.88 Å². The smallest absolute Gasteiger partial charge is 0.328 e. The highest BCUT2D eigenvalue weighted by atomic mass is 16.4. The van der Waals surface area contributed by atoms with Crippen LogP contribution in [0.15, 0.2) is 54.7 Å². The second-order valence-corrected chi connectivity index (χ2v) is 6.40. The number of nitrogens with zero attached hydrogens (tertiary/aromatic N) is 3. The van der Waals surface area contributed by atoms with E-state index in [0.717, 1.165) is 43.5 Å². The van der Waals surface area contributed by atoms with Gasteiger partial charge in [0.25, 0.3) is 0 Å². The summed E-state index contributed by atoms with van der Waals surface area (Å²) in [6.45, 7) is 3.09. The Labute approximate surface area is 148 Å². The molecule has 0 aliphatic carbocycles. The molecule has 1 aromatic heterocycles. The maximum Gasteiger partial charge on any atom is 0.328 e. The van der Waals surface area contributed by atoms with Crippen LogP contribution in [0.4, 0.5) is 5.82 Å². The first-order chi connectivity index (χ1) is 12.1. The van der Waals surface area contributed by atoms with Crippen LogP contribution in [0.5, 0.6) is 0 Å². The van der Waals surface area contributed by atoms with Crippen molar-refractivity contribution >= 4 is 17.9 Å². The number of hydrogen-bond acceptors (Lipinski definition) is 4. The second kappa shape index (κ2) is 7.94. The van der Waals surface area contributed by atoms with E-state index in [1.165, 1.54) is 5.56 Å². The third-order valence-electron chi connectivity index (χ3n) is 4.59. The lowest BCUT2D eigenvalue weighted by atomic mass is 10.2. The molecule has 130 valence electrons. The van der Waals surface area contributed by atoms with Gasteiger partial charge in [-0.15, -0.1) is 0 Å². The van der Waals surface area contributed by atoms with Gasteiger partial charge in [0.1, 0.15) is 5.82 Å². The third kappa shape index (κ3) is 4.67. The SMILES string of the molecule is CN(c1ccc(/C=C/C(=O)O)cn1)C1CCN(Cc2ccccc2)C1. The molecule has 3 rings (SSSR count). The van der Waals surface area contributed by atoms with Gasteiger partial charge in [0, 0.05) is 45.0 Å². The zero-order chi connectivity index (χ0) is 17.6. The van der Waals surface area contributed by atoms with Gasteiger partial charge in [-0.3, -0.25) is 4.90 Å². The summed E-state index contributed by atoms with van der Waals surface area (Å²) in [6.07, 6.45) is 5.50. The molecule has 1 N–H and O–H groups in total. The van der Waals surface area contributed by atoms with E-state index in [4.69, 9.17) is 5.11 Å². The molecule has 2 aromatic rings. The third-order valence-corrected chi connectivity index (χ3v) is 4.59. The van der Waals surface area contributed by atoms with Crippen LogP contribution in [0.1, 0.15) is 17.5 Å². The molecule has 1 unspecified atom stereocenters. The van der Waals surface area contributed by atoms with E-state index in [2.05, 4.69) is 46.1 Å². The van der Waals surface area contributed by atoms with Crippen LogP contribution in [0.2, 0.25) is 0 Å². The number of pyridine rings is 1. The molecule has 25 heavy (non-hydrogen) atoms. The fourth-order valence-electron chi connectivity index (χ4n) is 3.17. The normalized spacial score (nSPS) is 17.9. The Morgan fingerprint density at radius 3 is 2.80 bits per heavy atom. The van der Waals surface area contributed by atoms with Crippen LogP contribution in [0, 0.1) is 0 Å². The standard InChI is InChI=1S/C20H23N3O2/c1-22(19-9-7-16(13-21-19)8-10-20(24)25)18-11-12-23(15-18)14-17-5-3-2-4-6-17/h2-10,13,18H,11-12,14-15H2,1H3,(H,24,25)/b10-8+. The fraction of sp³-hybridized carbons (Fsp3) is 0.300. The molecule has 0 amide bonds. The number of likely N-dealkylation sites (N-methyl/N-ethyl adjacent to an activating group) is 1. The van der Waals surface area contributed by atoms with Crippen molar-refractivity contribution in [1.29, 1.82) is 0 Å². The summed E-state index contributed by atoms with van der Waals surface area (Å²) in [7, 11) is 2.08. The summed E-state index contributed by atoms with van der Waals surface area (Å²) < 4.78 is 0. The van der Waals surface area contributed by atoms with Crippen molar-refractivity contribution in [2.24, 2.45) is 0 Å². The maximum atomic E-state index is 10.6. The molecule has 0 saturated carbocycles. The Kier molecular flexibility index (Phi) is 5.46. The highest BCUT2D eigenvalue weighted by Crippen LogP contribution is 2.21. The predicted octanol–water partition coefficient (Wildman–Crippen LogP) is 2.89. The molecule has 1 saturated heterocycles. The topological polar surface area (TPSA) is 56.7 Å². The van der Waals surface area contributed by atoms with E-state index in [1.807, 2.05) is 18.2 Å². The van der Waals surface area contributed by atoms with Gasteiger partial charge in [0.2, 0.25) is 0 Å². The zero-order valence-corrected chi connectivity index (χ0v) is 14.4. The van der Waals surface area contributed by atoms with E-state index >= 15 is 0 Å². The van der Waals surface area contributed by atoms with Gasteiger partial charge in [0.15, 0.2) is 0 Å². The summed E-state index contributed by atoms with van der Waals surface area (Å²) >= 11 is 0. The number of hydrogen-bond donors (Lipinski definition) is 1. The monoisotopic (exact) mass is 337 g/mol. The van der Waals surface area contributed by atoms with Gasteiger partial charge in [-0.25, -0.2) is 9.78 Å². The van der Waals surface area contributed by atoms with Gasteiger partial charge in [-0.2, -0.15) is 0 Å². The number of anilines is 1. The Morgan fingerprint density at radius 2 is 2.12 bits per heavy atom. The lowest BCUT2D eigenvalue weighted by molar-refractivity contribution is -0.131. The lowest BCUT2D eigenvalue weighted by Crippen LogP contribution is -2.34. The van der Waals surface area contributed by atoms with E-state index in [1.54, 1.807) is 12.3 Å². The van der Waals surface area contributed by atoms with Gasteiger partial charge in [-0.05, 0) is 35.8 Å². The Balaban J connectivity index is 1.58. The minimum absolute atomic E-state index is 0.441. The van der Waals surface area contributed by atoms with Crippen molar-refractivity contribution in [3.05, 3.63) is 65.9 Å². The van der Waals surface area contributed by atoms with Gasteiger partial charge >= 0.3 is 5.97 Å². The molecular weight excluding hydrogens is 314 g/mol. The highest BCUT2D eigenvalue weighted by molar-refractivity contribution is 5.85. The Hall–Kier alpha value is -2.66. The minimum atomic E-state index is -0.953. The van der Waals surface area contributed by atoms with Gasteiger partial charge in [-0.1, -0.05) is 30.3 Å². The molecule has 5 heteroatoms. The lowest BCUT2D eigenvalue weighted by Gasteiger charge is -2.26. The first-order valence-corrected chi connectivity index (χ1v) is 8.48. The van der Waals surface area contributed by atoms with Crippen molar-refractivity contribution < 1.29 is 9.90 Å². The highest BCUT2D eigenvalue weighted by Gasteiger charge is 2.26. The molecule has 1 fully saturated rings. The van der Waals surface area contributed by atoms with Crippen LogP contribution in [-0.4, -0.2) is 47.1 Å². The van der Waals surface area contributed by atoms with Crippen molar-refractivity contribution in [2.45, 2.75) is 19.0 Å². The summed E-state index contributed by atoms with van der Waals surface area (Å²) in [5.41, 5.74) is 2.13. The van der Waals surface area contributed by atoms with Crippen LogP contribution in [0.3, 0.4) is 0 Å². The number of likely N-dealkylation sites (tertiary alicyclic amines) is 1. The molecule has 1 aromatic carbocycles. The number of benzene rings is 1. The molecule has 5 nitrogen and oxygen atoms in total. The molecule has 1 aliphatic heterocycles. The van der Waals surface area contributed by atoms with Gasteiger partial charge < -0.3 is 10.0 Å². The quantitative estimate of drug-likeness (QED) is 0.822. The largest absolute Gasteiger partial charge is 0.478 e. The number of rotatable bonds is 6. The Bertz CT molecular complexity index is 728. The van der Waals surface area contributed by atoms with Crippen molar-refractivity contribution in [2.75, 3.05) is 25.0 Å². The van der Waals surface area contributed by atoms with Crippen LogP contribution < -0.4 is 4.90 Å². The van der Waals surface area contributed by atoms with E-state index in [9.17, 15) is 4.79 Å². The number of carboxylic acid groups (broad SMARTS) is 1. The fourth-order valence-corrected chi connectivity index (χ4v) is 3.17. The summed E-state index contributed by atoms with van der Waals surface area (Å²) in [5.74, 6) is -0.0373. The van der Waals surface area contributed by atoms with Gasteiger partial charge in [0.05, 0.1) is 0 Å². The van der Waals surface area contributed by atoms with Crippen LogP contribution in [0.25, 0.3) is 6.08 Å². The Morgan fingerprint density at radius 1 is 1.32 bits per heavy atom. The average molecular weight is 337 g/mol. The van der Waals surface area contributed by atoms with Crippen molar-refractivity contribution in [3.63, 3.8) is 0 Å². The number of carbonyl (C=O) groups is 1. The minimum Gasteiger partial charge on any atom is -0.478 e. The molecule has 2 heterocycles. The predicted molar refractivity (Wildman–Crippen MR) is 99.4 cm³/mol. The molecular formula is C20H23N3O2. The van der Waals surface area contributed by atoms with E-state index < -0.39 is 5.97 Å². The number of aromatic nitrogens is 1. The molecule has 0 spiro atoms. The summed E-state index contributed by atoms with van der Waals surface area (Å²) in [4.78, 5) is 19.7. The molecule has 0 bridgehead atoms. The maximum absolute atomic E-state index is 10.6. The first kappa shape index (κ1) is 17.2. The van der Waals surface area contributed by atoms with Crippen LogP contribution >= 0.6 is 0 Å². The van der Waals surface area contributed by atoms with E-state index in [-0.39, 0.29) is 0 Å². The number of carboxylic acids is 1. The van der Waals surface area contributed by atoms with E-state index in [0.29, 0.717) is 6.04 Å². The second-order valence-electron chi connectivity index (χ2n) is 6.40. The summed E-state index contributed by atoms with van der Waals surface area (Å²) in [6, 6.07) is 14.8. The molecule has 1 aliphatic rings. The van der Waals surface area contributed by atoms with Crippen LogP contribution in [-0.2, 0) is 11.3 Å².